The van der Waals surface area contributed by atoms with Crippen molar-refractivity contribution >= 4 is 11.9 Å². The highest BCUT2D eigenvalue weighted by molar-refractivity contribution is 5.84. The van der Waals surface area contributed by atoms with Crippen LogP contribution >= 0.6 is 0 Å². The molecule has 1 amide bonds. The van der Waals surface area contributed by atoms with Crippen molar-refractivity contribution in [3.05, 3.63) is 11.8 Å². The van der Waals surface area contributed by atoms with Gasteiger partial charge in [-0.15, -0.1) is 0 Å². The maximum Gasteiger partial charge on any atom is 0.413 e. The van der Waals surface area contributed by atoms with Gasteiger partial charge in [-0.3, -0.25) is 10.4 Å². The highest BCUT2D eigenvalue weighted by atomic mass is 16.6. The van der Waals surface area contributed by atoms with Gasteiger partial charge in [-0.05, 0) is 33.7 Å². The zero-order valence-electron chi connectivity index (χ0n) is 11.5. The van der Waals surface area contributed by atoms with Crippen LogP contribution in [0, 0.1) is 0 Å². The molecule has 1 rings (SSSR count). The Labute approximate surface area is 107 Å². The third-order valence-corrected chi connectivity index (χ3v) is 2.09. The lowest BCUT2D eigenvalue weighted by molar-refractivity contribution is 0.0635. The first kappa shape index (κ1) is 14.5. The van der Waals surface area contributed by atoms with Crippen molar-refractivity contribution in [2.24, 2.45) is 0 Å². The largest absolute Gasteiger partial charge is 0.444 e. The molecular formula is C12H22N4O2. The summed E-state index contributed by atoms with van der Waals surface area (Å²) in [6, 6.07) is 0. The molecule has 0 radical (unpaired) electrons. The molecule has 0 fully saturated rings. The first-order chi connectivity index (χ1) is 8.42. The fraction of sp³-hybridized carbons (Fsp3) is 0.667. The lowest BCUT2D eigenvalue weighted by atomic mass is 10.2. The predicted molar refractivity (Wildman–Crippen MR) is 70.4 cm³/mol. The van der Waals surface area contributed by atoms with Gasteiger partial charge < -0.3 is 10.1 Å². The first-order valence-corrected chi connectivity index (χ1v) is 6.15. The van der Waals surface area contributed by atoms with Gasteiger partial charge >= 0.3 is 6.09 Å². The normalized spacial score (nSPS) is 11.3. The average Bonchev–Trinajstić information content (AvgIpc) is 2.63. The summed E-state index contributed by atoms with van der Waals surface area (Å²) in [5.74, 6) is 0.577. The maximum absolute atomic E-state index is 11.6. The zero-order chi connectivity index (χ0) is 13.6. The number of anilines is 1. The monoisotopic (exact) mass is 254 g/mol. The summed E-state index contributed by atoms with van der Waals surface area (Å²) < 4.78 is 5.17. The Balaban J connectivity index is 2.51. The molecule has 0 bridgehead atoms. The Hall–Kier alpha value is -1.56. The Morgan fingerprint density at radius 3 is 2.83 bits per heavy atom. The quantitative estimate of drug-likeness (QED) is 0.704. The van der Waals surface area contributed by atoms with Gasteiger partial charge in [-0.2, -0.15) is 5.10 Å². The van der Waals surface area contributed by atoms with Gasteiger partial charge in [0.1, 0.15) is 11.4 Å². The molecule has 0 atom stereocenters. The van der Waals surface area contributed by atoms with E-state index >= 15 is 0 Å². The van der Waals surface area contributed by atoms with Crippen molar-refractivity contribution in [3.63, 3.8) is 0 Å². The van der Waals surface area contributed by atoms with Crippen molar-refractivity contribution in [2.75, 3.05) is 11.9 Å². The van der Waals surface area contributed by atoms with E-state index in [0.29, 0.717) is 12.4 Å². The number of aromatic amines is 1. The summed E-state index contributed by atoms with van der Waals surface area (Å²) in [4.78, 5) is 11.6. The SMILES string of the molecule is CCCNCc1cn[nH]c1NC(=O)OC(C)(C)C. The summed E-state index contributed by atoms with van der Waals surface area (Å²) in [5, 5.41) is 12.6. The fourth-order valence-corrected chi connectivity index (χ4v) is 1.36. The smallest absolute Gasteiger partial charge is 0.413 e. The van der Waals surface area contributed by atoms with Gasteiger partial charge in [-0.25, -0.2) is 4.79 Å². The lowest BCUT2D eigenvalue weighted by Gasteiger charge is -2.19. The van der Waals surface area contributed by atoms with Gasteiger partial charge in [0.2, 0.25) is 0 Å². The summed E-state index contributed by atoms with van der Waals surface area (Å²) in [7, 11) is 0. The summed E-state index contributed by atoms with van der Waals surface area (Å²) in [5.41, 5.74) is 0.402. The lowest BCUT2D eigenvalue weighted by Crippen LogP contribution is -2.27. The molecule has 1 aromatic heterocycles. The second-order valence-electron chi connectivity index (χ2n) is 5.07. The van der Waals surface area contributed by atoms with E-state index in [0.717, 1.165) is 18.5 Å². The summed E-state index contributed by atoms with van der Waals surface area (Å²) in [6.07, 6.45) is 2.27. The predicted octanol–water partition coefficient (Wildman–Crippen LogP) is 2.26. The molecule has 6 nitrogen and oxygen atoms in total. The highest BCUT2D eigenvalue weighted by Gasteiger charge is 2.17. The van der Waals surface area contributed by atoms with Gasteiger partial charge in [0.15, 0.2) is 0 Å². The Morgan fingerprint density at radius 2 is 2.22 bits per heavy atom. The van der Waals surface area contributed by atoms with Crippen LogP contribution in [0.25, 0.3) is 0 Å². The van der Waals surface area contributed by atoms with E-state index in [1.165, 1.54) is 0 Å². The third-order valence-electron chi connectivity index (χ3n) is 2.09. The molecule has 1 aromatic rings. The van der Waals surface area contributed by atoms with Crippen LogP contribution in [-0.4, -0.2) is 28.4 Å². The number of hydrogen-bond acceptors (Lipinski definition) is 4. The molecule has 102 valence electrons. The molecule has 1 heterocycles. The first-order valence-electron chi connectivity index (χ1n) is 6.15. The molecule has 0 spiro atoms. The molecule has 0 aliphatic heterocycles. The van der Waals surface area contributed by atoms with Crippen LogP contribution < -0.4 is 10.6 Å². The van der Waals surface area contributed by atoms with E-state index in [1.807, 2.05) is 20.8 Å². The van der Waals surface area contributed by atoms with E-state index < -0.39 is 11.7 Å². The number of nitrogens with one attached hydrogen (secondary N) is 3. The average molecular weight is 254 g/mol. The molecule has 18 heavy (non-hydrogen) atoms. The molecule has 0 aliphatic carbocycles. The number of nitrogens with zero attached hydrogens (tertiary/aromatic N) is 1. The van der Waals surface area contributed by atoms with Crippen molar-refractivity contribution in [1.29, 1.82) is 0 Å². The van der Waals surface area contributed by atoms with Crippen molar-refractivity contribution in [1.82, 2.24) is 15.5 Å². The molecular weight excluding hydrogens is 232 g/mol. The molecule has 0 unspecified atom stereocenters. The Morgan fingerprint density at radius 1 is 1.50 bits per heavy atom. The van der Waals surface area contributed by atoms with Gasteiger partial charge in [0.05, 0.1) is 6.20 Å². The number of H-pyrrole nitrogens is 1. The topological polar surface area (TPSA) is 79.0 Å². The van der Waals surface area contributed by atoms with Crippen LogP contribution in [0.3, 0.4) is 0 Å². The molecule has 0 saturated heterocycles. The zero-order valence-corrected chi connectivity index (χ0v) is 11.5. The third kappa shape index (κ3) is 5.18. The molecule has 0 aliphatic rings. The maximum atomic E-state index is 11.6. The number of rotatable bonds is 5. The molecule has 6 heteroatoms. The molecule has 0 aromatic carbocycles. The van der Waals surface area contributed by atoms with Crippen LogP contribution in [0.15, 0.2) is 6.20 Å². The van der Waals surface area contributed by atoms with Gasteiger partial charge in [0, 0.05) is 12.1 Å². The minimum absolute atomic E-state index is 0.483. The Bertz CT molecular complexity index is 382. The van der Waals surface area contributed by atoms with E-state index in [-0.39, 0.29) is 0 Å². The minimum atomic E-state index is -0.509. The number of amides is 1. The second kappa shape index (κ2) is 6.39. The highest BCUT2D eigenvalue weighted by Crippen LogP contribution is 2.13. The van der Waals surface area contributed by atoms with E-state index in [2.05, 4.69) is 27.8 Å². The van der Waals surface area contributed by atoms with Crippen LogP contribution in [0.2, 0.25) is 0 Å². The van der Waals surface area contributed by atoms with Gasteiger partial charge in [-0.1, -0.05) is 6.92 Å². The second-order valence-corrected chi connectivity index (χ2v) is 5.07. The Kier molecular flexibility index (Phi) is 5.15. The van der Waals surface area contributed by atoms with E-state index in [1.54, 1.807) is 6.20 Å². The molecule has 3 N–H and O–H groups in total. The van der Waals surface area contributed by atoms with Crippen molar-refractivity contribution < 1.29 is 9.53 Å². The fourth-order valence-electron chi connectivity index (χ4n) is 1.36. The number of hydrogen-bond donors (Lipinski definition) is 3. The minimum Gasteiger partial charge on any atom is -0.444 e. The van der Waals surface area contributed by atoms with Crippen LogP contribution in [0.1, 0.15) is 39.7 Å². The molecule has 0 saturated carbocycles. The van der Waals surface area contributed by atoms with Crippen LogP contribution in [0.5, 0.6) is 0 Å². The number of carbonyl (C=O) groups excluding carboxylic acids is 1. The van der Waals surface area contributed by atoms with Crippen LogP contribution in [-0.2, 0) is 11.3 Å². The summed E-state index contributed by atoms with van der Waals surface area (Å²) >= 11 is 0. The van der Waals surface area contributed by atoms with Crippen molar-refractivity contribution in [3.8, 4) is 0 Å². The number of aromatic nitrogens is 2. The van der Waals surface area contributed by atoms with Gasteiger partial charge in [0.25, 0.3) is 0 Å². The van der Waals surface area contributed by atoms with E-state index in [9.17, 15) is 4.79 Å². The number of carbonyl (C=O) groups is 1. The van der Waals surface area contributed by atoms with Crippen molar-refractivity contribution in [2.45, 2.75) is 46.3 Å². The summed E-state index contributed by atoms with van der Waals surface area (Å²) in [6.45, 7) is 9.16. The van der Waals surface area contributed by atoms with Crippen LogP contribution in [0.4, 0.5) is 10.6 Å². The number of ether oxygens (including phenoxy) is 1. The standard InChI is InChI=1S/C12H22N4O2/c1-5-6-13-7-9-8-14-16-10(9)15-11(17)18-12(2,3)4/h8,13H,5-7H2,1-4H3,(H2,14,15,16,17). The van der Waals surface area contributed by atoms with E-state index in [4.69, 9.17) is 4.74 Å².